The molecule has 0 saturated carbocycles. The van der Waals surface area contributed by atoms with Gasteiger partial charge in [0.2, 0.25) is 0 Å². The smallest absolute Gasteiger partial charge is 0.279 e. The van der Waals surface area contributed by atoms with Crippen molar-refractivity contribution in [1.82, 2.24) is 14.7 Å². The minimum absolute atomic E-state index is 0.0277. The number of amides is 3. The Morgan fingerprint density at radius 2 is 1.69 bits per heavy atom. The second kappa shape index (κ2) is 9.14. The van der Waals surface area contributed by atoms with E-state index in [1.165, 1.54) is 0 Å². The molecule has 1 saturated heterocycles. The lowest BCUT2D eigenvalue weighted by molar-refractivity contribution is -0.138. The van der Waals surface area contributed by atoms with Crippen LogP contribution in [0.5, 0.6) is 0 Å². The highest BCUT2D eigenvalue weighted by Crippen LogP contribution is 2.29. The molecule has 2 heterocycles. The van der Waals surface area contributed by atoms with Gasteiger partial charge in [0.15, 0.2) is 0 Å². The molecule has 2 aromatic carbocycles. The molecular formula is C24H25ClN4O3. The molecule has 0 atom stereocenters. The summed E-state index contributed by atoms with van der Waals surface area (Å²) in [6, 6.07) is 14.6. The Morgan fingerprint density at radius 3 is 2.38 bits per heavy atom. The van der Waals surface area contributed by atoms with Crippen LogP contribution in [-0.2, 0) is 16.1 Å². The van der Waals surface area contributed by atoms with Crippen LogP contribution in [0.25, 0.3) is 0 Å². The number of nitrogens with one attached hydrogen (secondary N) is 1. The van der Waals surface area contributed by atoms with Crippen LogP contribution >= 0.6 is 11.6 Å². The molecule has 0 spiro atoms. The van der Waals surface area contributed by atoms with Gasteiger partial charge in [0, 0.05) is 37.4 Å². The lowest BCUT2D eigenvalue weighted by Crippen LogP contribution is -2.47. The number of aryl methyl sites for hydroxylation is 1. The van der Waals surface area contributed by atoms with E-state index in [9.17, 15) is 14.4 Å². The van der Waals surface area contributed by atoms with Gasteiger partial charge < -0.3 is 15.1 Å². The Bertz CT molecular complexity index is 1090. The summed E-state index contributed by atoms with van der Waals surface area (Å²) in [6.45, 7) is 5.01. The molecule has 0 bridgehead atoms. The normalized spacial score (nSPS) is 17.3. The van der Waals surface area contributed by atoms with Gasteiger partial charge in [-0.2, -0.15) is 0 Å². The number of hydrogen-bond acceptors (Lipinski definition) is 5. The summed E-state index contributed by atoms with van der Waals surface area (Å²) in [5.74, 6) is -1.08. The number of piperazine rings is 1. The summed E-state index contributed by atoms with van der Waals surface area (Å²) in [5.41, 5.74) is 2.78. The monoisotopic (exact) mass is 452 g/mol. The fourth-order valence-electron chi connectivity index (χ4n) is 3.78. The number of nitrogens with zero attached hydrogens (tertiary/aromatic N) is 3. The van der Waals surface area contributed by atoms with Crippen molar-refractivity contribution in [2.45, 2.75) is 13.5 Å². The largest absolute Gasteiger partial charge is 0.349 e. The Morgan fingerprint density at radius 1 is 1.00 bits per heavy atom. The molecule has 8 heteroatoms. The average molecular weight is 453 g/mol. The van der Waals surface area contributed by atoms with E-state index in [2.05, 4.69) is 10.2 Å². The van der Waals surface area contributed by atoms with E-state index >= 15 is 0 Å². The second-order valence-corrected chi connectivity index (χ2v) is 8.50. The second-order valence-electron chi connectivity index (χ2n) is 8.12. The van der Waals surface area contributed by atoms with Crippen molar-refractivity contribution in [2.24, 2.45) is 0 Å². The van der Waals surface area contributed by atoms with Crippen LogP contribution in [-0.4, -0.2) is 65.6 Å². The van der Waals surface area contributed by atoms with Gasteiger partial charge in [-0.25, -0.2) is 0 Å². The van der Waals surface area contributed by atoms with E-state index in [-0.39, 0.29) is 23.2 Å². The first-order chi connectivity index (χ1) is 15.3. The number of carbonyl (C=O) groups is 3. The van der Waals surface area contributed by atoms with Gasteiger partial charge in [-0.3, -0.25) is 19.3 Å². The van der Waals surface area contributed by atoms with Gasteiger partial charge in [0.1, 0.15) is 10.7 Å². The molecule has 166 valence electrons. The van der Waals surface area contributed by atoms with Crippen molar-refractivity contribution in [1.29, 1.82) is 0 Å². The minimum Gasteiger partial charge on any atom is -0.349 e. The summed E-state index contributed by atoms with van der Waals surface area (Å²) in [6.07, 6.45) is 0. The molecule has 0 aromatic heterocycles. The molecule has 0 aliphatic carbocycles. The molecule has 0 radical (unpaired) electrons. The number of halogens is 1. The molecular weight excluding hydrogens is 428 g/mol. The van der Waals surface area contributed by atoms with Crippen LogP contribution in [0.1, 0.15) is 21.5 Å². The number of imide groups is 1. The quantitative estimate of drug-likeness (QED) is 0.706. The Hall–Kier alpha value is -3.16. The molecule has 1 N–H and O–H groups in total. The number of rotatable bonds is 5. The lowest BCUT2D eigenvalue weighted by atomic mass is 10.1. The SMILES string of the molecule is Cc1ccc(C(=O)N2CCN(C)CC2)cc1NC1=C(Cl)C(=O)N(Cc2ccccc2)C1=O. The molecule has 2 aliphatic heterocycles. The van der Waals surface area contributed by atoms with E-state index in [4.69, 9.17) is 11.6 Å². The van der Waals surface area contributed by atoms with Gasteiger partial charge in [0.05, 0.1) is 6.54 Å². The van der Waals surface area contributed by atoms with Crippen molar-refractivity contribution in [3.05, 3.63) is 76.0 Å². The van der Waals surface area contributed by atoms with E-state index < -0.39 is 11.8 Å². The van der Waals surface area contributed by atoms with Crippen molar-refractivity contribution in [3.8, 4) is 0 Å². The molecule has 2 aromatic rings. The van der Waals surface area contributed by atoms with Crippen molar-refractivity contribution in [3.63, 3.8) is 0 Å². The third-order valence-corrected chi connectivity index (χ3v) is 6.18. The van der Waals surface area contributed by atoms with Crippen molar-refractivity contribution in [2.75, 3.05) is 38.5 Å². The zero-order chi connectivity index (χ0) is 22.8. The number of benzene rings is 2. The van der Waals surface area contributed by atoms with E-state index in [1.54, 1.807) is 12.1 Å². The average Bonchev–Trinajstić information content (AvgIpc) is 2.99. The Kier molecular flexibility index (Phi) is 6.30. The third-order valence-electron chi connectivity index (χ3n) is 5.83. The molecule has 2 aliphatic rings. The standard InChI is InChI=1S/C24H25ClN4O3/c1-16-8-9-18(22(30)28-12-10-27(2)11-13-28)14-19(16)26-21-20(25)23(31)29(24(21)32)15-17-6-4-3-5-7-17/h3-9,14,26H,10-13,15H2,1-2H3. The van der Waals surface area contributed by atoms with Crippen LogP contribution in [0, 0.1) is 6.92 Å². The molecule has 3 amide bonds. The topological polar surface area (TPSA) is 73.0 Å². The van der Waals surface area contributed by atoms with Crippen LogP contribution in [0.3, 0.4) is 0 Å². The van der Waals surface area contributed by atoms with Crippen LogP contribution in [0.4, 0.5) is 5.69 Å². The van der Waals surface area contributed by atoms with Gasteiger partial charge in [0.25, 0.3) is 17.7 Å². The maximum atomic E-state index is 13.0. The minimum atomic E-state index is -0.537. The van der Waals surface area contributed by atoms with Gasteiger partial charge in [-0.1, -0.05) is 48.0 Å². The maximum absolute atomic E-state index is 13.0. The first kappa shape index (κ1) is 22.0. The summed E-state index contributed by atoms with van der Waals surface area (Å²) in [7, 11) is 2.04. The van der Waals surface area contributed by atoms with E-state index in [1.807, 2.05) is 55.3 Å². The Labute approximate surface area is 192 Å². The maximum Gasteiger partial charge on any atom is 0.279 e. The Balaban J connectivity index is 1.53. The van der Waals surface area contributed by atoms with Crippen LogP contribution < -0.4 is 5.32 Å². The lowest BCUT2D eigenvalue weighted by Gasteiger charge is -2.32. The molecule has 0 unspecified atom stereocenters. The van der Waals surface area contributed by atoms with Crippen molar-refractivity contribution >= 4 is 35.0 Å². The number of hydrogen-bond donors (Lipinski definition) is 1. The third kappa shape index (κ3) is 4.40. The van der Waals surface area contributed by atoms with E-state index in [0.29, 0.717) is 24.3 Å². The summed E-state index contributed by atoms with van der Waals surface area (Å²) in [5, 5.41) is 2.87. The highest BCUT2D eigenvalue weighted by molar-refractivity contribution is 6.48. The zero-order valence-corrected chi connectivity index (χ0v) is 18.9. The first-order valence-electron chi connectivity index (χ1n) is 10.5. The zero-order valence-electron chi connectivity index (χ0n) is 18.1. The predicted molar refractivity (Wildman–Crippen MR) is 123 cm³/mol. The number of carbonyl (C=O) groups excluding carboxylic acids is 3. The van der Waals surface area contributed by atoms with Crippen LogP contribution in [0.15, 0.2) is 59.3 Å². The van der Waals surface area contributed by atoms with Gasteiger partial charge in [-0.15, -0.1) is 0 Å². The first-order valence-corrected chi connectivity index (χ1v) is 10.9. The highest BCUT2D eigenvalue weighted by atomic mass is 35.5. The van der Waals surface area contributed by atoms with E-state index in [0.717, 1.165) is 29.1 Å². The number of anilines is 1. The van der Waals surface area contributed by atoms with Gasteiger partial charge in [-0.05, 0) is 37.2 Å². The fourth-order valence-corrected chi connectivity index (χ4v) is 4.01. The van der Waals surface area contributed by atoms with Gasteiger partial charge >= 0.3 is 0 Å². The fraction of sp³-hybridized carbons (Fsp3) is 0.292. The molecule has 32 heavy (non-hydrogen) atoms. The van der Waals surface area contributed by atoms with Crippen molar-refractivity contribution < 1.29 is 14.4 Å². The summed E-state index contributed by atoms with van der Waals surface area (Å²) >= 11 is 6.25. The molecule has 1 fully saturated rings. The highest BCUT2D eigenvalue weighted by Gasteiger charge is 2.38. The van der Waals surface area contributed by atoms with Crippen LogP contribution in [0.2, 0.25) is 0 Å². The molecule has 7 nitrogen and oxygen atoms in total. The summed E-state index contributed by atoms with van der Waals surface area (Å²) in [4.78, 5) is 43.7. The predicted octanol–water partition coefficient (Wildman–Crippen LogP) is 2.81. The number of likely N-dealkylation sites (N-methyl/N-ethyl adjacent to an activating group) is 1. The summed E-state index contributed by atoms with van der Waals surface area (Å²) < 4.78 is 0. The molecule has 4 rings (SSSR count).